The van der Waals surface area contributed by atoms with E-state index in [4.69, 9.17) is 10.8 Å². The van der Waals surface area contributed by atoms with Gasteiger partial charge in [0.15, 0.2) is 6.61 Å². The molecule has 1 amide bonds. The number of hydrogen-bond donors (Lipinski definition) is 3. The van der Waals surface area contributed by atoms with E-state index < -0.39 is 30.4 Å². The predicted octanol–water partition coefficient (Wildman–Crippen LogP) is 0.455. The number of carboxylic acids is 1. The first kappa shape index (κ1) is 14.1. The molecular weight excluding hydrogens is 236 g/mol. The summed E-state index contributed by atoms with van der Waals surface area (Å²) < 4.78 is 0. The van der Waals surface area contributed by atoms with Crippen LogP contribution in [-0.4, -0.2) is 23.6 Å². The van der Waals surface area contributed by atoms with E-state index >= 15 is 0 Å². The Balaban J connectivity index is 2.50. The predicted molar refractivity (Wildman–Crippen MR) is 64.3 cm³/mol. The summed E-state index contributed by atoms with van der Waals surface area (Å²) in [5.74, 6) is -2.14. The largest absolute Gasteiger partial charge is 0.479 e. The van der Waals surface area contributed by atoms with Gasteiger partial charge in [-0.25, -0.2) is 10.3 Å². The average molecular weight is 252 g/mol. The monoisotopic (exact) mass is 252 g/mol. The molecule has 0 aliphatic carbocycles. The topological polar surface area (TPSA) is 102 Å². The third-order valence-corrected chi connectivity index (χ3v) is 2.51. The van der Waals surface area contributed by atoms with Crippen molar-refractivity contribution < 1.29 is 19.5 Å². The van der Waals surface area contributed by atoms with Crippen LogP contribution in [0.4, 0.5) is 0 Å². The SMILES string of the molecule is CC(C(=O)NOCC(=O)O)C(N)c1ccccc1. The second-order valence-electron chi connectivity index (χ2n) is 3.87. The van der Waals surface area contributed by atoms with Gasteiger partial charge in [0.05, 0.1) is 5.92 Å². The summed E-state index contributed by atoms with van der Waals surface area (Å²) in [7, 11) is 0. The van der Waals surface area contributed by atoms with E-state index in [1.165, 1.54) is 0 Å². The van der Waals surface area contributed by atoms with Crippen LogP contribution in [0.1, 0.15) is 18.5 Å². The molecule has 0 heterocycles. The number of carbonyl (C=O) groups excluding carboxylic acids is 1. The molecular formula is C12H16N2O4. The molecule has 6 heteroatoms. The van der Waals surface area contributed by atoms with Gasteiger partial charge < -0.3 is 10.8 Å². The van der Waals surface area contributed by atoms with Crippen molar-refractivity contribution in [3.63, 3.8) is 0 Å². The highest BCUT2D eigenvalue weighted by Crippen LogP contribution is 2.18. The molecule has 0 aliphatic rings. The summed E-state index contributed by atoms with van der Waals surface area (Å²) in [5, 5.41) is 8.35. The fourth-order valence-electron chi connectivity index (χ4n) is 1.39. The highest BCUT2D eigenvalue weighted by molar-refractivity contribution is 5.78. The van der Waals surface area contributed by atoms with E-state index in [0.717, 1.165) is 5.56 Å². The van der Waals surface area contributed by atoms with Crippen LogP contribution in [0.15, 0.2) is 30.3 Å². The molecule has 4 N–H and O–H groups in total. The van der Waals surface area contributed by atoms with Crippen molar-refractivity contribution >= 4 is 11.9 Å². The van der Waals surface area contributed by atoms with Crippen LogP contribution in [0.25, 0.3) is 0 Å². The van der Waals surface area contributed by atoms with Crippen LogP contribution in [0, 0.1) is 5.92 Å². The number of benzene rings is 1. The zero-order chi connectivity index (χ0) is 13.5. The number of nitrogens with two attached hydrogens (primary N) is 1. The van der Waals surface area contributed by atoms with Gasteiger partial charge in [-0.1, -0.05) is 37.3 Å². The first-order chi connectivity index (χ1) is 8.52. The van der Waals surface area contributed by atoms with E-state index in [2.05, 4.69) is 10.3 Å². The first-order valence-corrected chi connectivity index (χ1v) is 5.46. The van der Waals surface area contributed by atoms with Gasteiger partial charge in [0.2, 0.25) is 5.91 Å². The van der Waals surface area contributed by atoms with Gasteiger partial charge in [-0.05, 0) is 5.56 Å². The van der Waals surface area contributed by atoms with Crippen LogP contribution in [-0.2, 0) is 14.4 Å². The highest BCUT2D eigenvalue weighted by Gasteiger charge is 2.22. The van der Waals surface area contributed by atoms with E-state index in [-0.39, 0.29) is 0 Å². The maximum atomic E-state index is 11.6. The lowest BCUT2D eigenvalue weighted by molar-refractivity contribution is -0.150. The van der Waals surface area contributed by atoms with Crippen molar-refractivity contribution in [3.05, 3.63) is 35.9 Å². The maximum absolute atomic E-state index is 11.6. The summed E-state index contributed by atoms with van der Waals surface area (Å²) in [6.07, 6.45) is 0. The molecule has 0 aromatic heterocycles. The molecule has 0 bridgehead atoms. The van der Waals surface area contributed by atoms with Crippen molar-refractivity contribution in [2.75, 3.05) is 6.61 Å². The number of nitrogens with one attached hydrogen (secondary N) is 1. The van der Waals surface area contributed by atoms with Crippen molar-refractivity contribution in [1.82, 2.24) is 5.48 Å². The van der Waals surface area contributed by atoms with Gasteiger partial charge in [-0.2, -0.15) is 0 Å². The molecule has 1 aromatic carbocycles. The number of hydroxylamine groups is 1. The lowest BCUT2D eigenvalue weighted by Gasteiger charge is -2.19. The molecule has 18 heavy (non-hydrogen) atoms. The van der Waals surface area contributed by atoms with Gasteiger partial charge in [0.25, 0.3) is 0 Å². The molecule has 0 saturated carbocycles. The van der Waals surface area contributed by atoms with Gasteiger partial charge >= 0.3 is 5.97 Å². The van der Waals surface area contributed by atoms with E-state index in [9.17, 15) is 9.59 Å². The number of carboxylic acid groups (broad SMARTS) is 1. The number of aliphatic carboxylic acids is 1. The minimum absolute atomic E-state index is 0.451. The zero-order valence-corrected chi connectivity index (χ0v) is 10.00. The van der Waals surface area contributed by atoms with Crippen molar-refractivity contribution in [3.8, 4) is 0 Å². The second-order valence-corrected chi connectivity index (χ2v) is 3.87. The smallest absolute Gasteiger partial charge is 0.332 e. The van der Waals surface area contributed by atoms with Crippen LogP contribution >= 0.6 is 0 Å². The Morgan fingerprint density at radius 1 is 1.39 bits per heavy atom. The number of carbonyl (C=O) groups is 2. The van der Waals surface area contributed by atoms with E-state index in [1.807, 2.05) is 30.3 Å². The van der Waals surface area contributed by atoms with E-state index in [1.54, 1.807) is 6.92 Å². The number of hydrogen-bond acceptors (Lipinski definition) is 4. The van der Waals surface area contributed by atoms with Gasteiger partial charge in [0, 0.05) is 6.04 Å². The number of rotatable bonds is 6. The van der Waals surface area contributed by atoms with Gasteiger partial charge in [0.1, 0.15) is 0 Å². The van der Waals surface area contributed by atoms with Crippen LogP contribution in [0.5, 0.6) is 0 Å². The zero-order valence-electron chi connectivity index (χ0n) is 10.00. The molecule has 98 valence electrons. The standard InChI is InChI=1S/C12H16N2O4/c1-8(12(17)14-18-7-10(15)16)11(13)9-5-3-2-4-6-9/h2-6,8,11H,7,13H2,1H3,(H,14,17)(H,15,16). The third-order valence-electron chi connectivity index (χ3n) is 2.51. The lowest BCUT2D eigenvalue weighted by Crippen LogP contribution is -2.36. The van der Waals surface area contributed by atoms with E-state index in [0.29, 0.717) is 0 Å². The number of amides is 1. The maximum Gasteiger partial charge on any atom is 0.332 e. The Morgan fingerprint density at radius 3 is 2.56 bits per heavy atom. The van der Waals surface area contributed by atoms with Crippen molar-refractivity contribution in [2.24, 2.45) is 11.7 Å². The van der Waals surface area contributed by atoms with Crippen LogP contribution in [0.2, 0.25) is 0 Å². The molecule has 0 radical (unpaired) electrons. The lowest BCUT2D eigenvalue weighted by atomic mass is 9.95. The minimum atomic E-state index is -1.16. The summed E-state index contributed by atoms with van der Waals surface area (Å²) in [6.45, 7) is 1.07. The molecule has 0 saturated heterocycles. The Kier molecular flexibility index (Phi) is 5.29. The first-order valence-electron chi connectivity index (χ1n) is 5.46. The summed E-state index contributed by atoms with van der Waals surface area (Å²) in [5.41, 5.74) is 8.83. The summed E-state index contributed by atoms with van der Waals surface area (Å²) in [6, 6.07) is 8.71. The van der Waals surface area contributed by atoms with Crippen LogP contribution in [0.3, 0.4) is 0 Å². The molecule has 1 aromatic rings. The highest BCUT2D eigenvalue weighted by atomic mass is 16.7. The van der Waals surface area contributed by atoms with Crippen molar-refractivity contribution in [1.29, 1.82) is 0 Å². The average Bonchev–Trinajstić information content (AvgIpc) is 2.37. The molecule has 1 rings (SSSR count). The third kappa shape index (κ3) is 4.15. The molecule has 2 atom stereocenters. The summed E-state index contributed by atoms with van der Waals surface area (Å²) >= 11 is 0. The molecule has 0 aliphatic heterocycles. The van der Waals surface area contributed by atoms with Gasteiger partial charge in [-0.15, -0.1) is 0 Å². The van der Waals surface area contributed by atoms with Crippen LogP contribution < -0.4 is 11.2 Å². The van der Waals surface area contributed by atoms with Crippen molar-refractivity contribution in [2.45, 2.75) is 13.0 Å². The summed E-state index contributed by atoms with van der Waals surface area (Å²) in [4.78, 5) is 26.3. The second kappa shape index (κ2) is 6.73. The Hall–Kier alpha value is -1.92. The molecule has 0 spiro atoms. The fourth-order valence-corrected chi connectivity index (χ4v) is 1.39. The molecule has 0 fully saturated rings. The Morgan fingerprint density at radius 2 is 2.00 bits per heavy atom. The minimum Gasteiger partial charge on any atom is -0.479 e. The Labute approximate surface area is 105 Å². The molecule has 2 unspecified atom stereocenters. The molecule has 6 nitrogen and oxygen atoms in total. The fraction of sp³-hybridized carbons (Fsp3) is 0.333. The quantitative estimate of drug-likeness (QED) is 0.638. The van der Waals surface area contributed by atoms with Gasteiger partial charge in [-0.3, -0.25) is 9.63 Å². The Bertz CT molecular complexity index is 408. The normalized spacial score (nSPS) is 13.7.